The first-order valence-electron chi connectivity index (χ1n) is 8.02. The number of carbonyl (C=O) groups excluding carboxylic acids is 1. The van der Waals surface area contributed by atoms with Gasteiger partial charge in [-0.25, -0.2) is 9.18 Å². The van der Waals surface area contributed by atoms with E-state index in [1.54, 1.807) is 0 Å². The molecule has 0 aliphatic rings. The Morgan fingerprint density at radius 3 is 2.54 bits per heavy atom. The van der Waals surface area contributed by atoms with Gasteiger partial charge >= 0.3 is 11.8 Å². The Labute approximate surface area is 155 Å². The van der Waals surface area contributed by atoms with Gasteiger partial charge in [-0.1, -0.05) is 12.1 Å². The number of benzene rings is 2. The topological polar surface area (TPSA) is 68.5 Å². The molecule has 3 rings (SSSR count). The van der Waals surface area contributed by atoms with Gasteiger partial charge in [0.05, 0.1) is 11.3 Å². The molecule has 0 saturated carbocycles. The number of hydrogen-bond donors (Lipinski definition) is 1. The first-order chi connectivity index (χ1) is 13.1. The third kappa shape index (κ3) is 4.13. The highest BCUT2D eigenvalue weighted by atomic mass is 19.4. The number of fused-ring (bicyclic) bond motifs is 1. The van der Waals surface area contributed by atoms with E-state index in [1.807, 2.05) is 0 Å². The Kier molecular flexibility index (Phi) is 5.08. The fourth-order valence-electron chi connectivity index (χ4n) is 2.51. The molecule has 28 heavy (non-hydrogen) atoms. The van der Waals surface area contributed by atoms with E-state index < -0.39 is 35.2 Å². The highest BCUT2D eigenvalue weighted by Crippen LogP contribution is 2.35. The summed E-state index contributed by atoms with van der Waals surface area (Å²) in [6, 6.07) is 9.28. The molecule has 0 aliphatic heterocycles. The minimum absolute atomic E-state index is 0.00570. The number of ether oxygens (including phenoxy) is 1. The Hall–Kier alpha value is -3.36. The lowest BCUT2D eigenvalue weighted by molar-refractivity contribution is -0.136. The number of para-hydroxylation sites is 1. The molecule has 146 valence electrons. The van der Waals surface area contributed by atoms with Crippen molar-refractivity contribution in [3.8, 4) is 5.75 Å². The minimum atomic E-state index is -4.73. The number of amides is 1. The van der Waals surface area contributed by atoms with Crippen LogP contribution in [0.5, 0.6) is 5.75 Å². The zero-order valence-electron chi connectivity index (χ0n) is 14.3. The quantitative estimate of drug-likeness (QED) is 0.527. The van der Waals surface area contributed by atoms with Crippen molar-refractivity contribution < 1.29 is 31.5 Å². The third-order valence-corrected chi connectivity index (χ3v) is 3.84. The maximum atomic E-state index is 13.6. The molecule has 0 radical (unpaired) electrons. The average Bonchev–Trinajstić information content (AvgIpc) is 2.61. The minimum Gasteiger partial charge on any atom is -0.481 e. The predicted octanol–water partition coefficient (Wildman–Crippen LogP) is 4.36. The summed E-state index contributed by atoms with van der Waals surface area (Å²) in [7, 11) is 0. The fraction of sp³-hybridized carbons (Fsp3) is 0.158. The van der Waals surface area contributed by atoms with Crippen LogP contribution in [-0.4, -0.2) is 12.0 Å². The monoisotopic (exact) mass is 395 g/mol. The zero-order chi connectivity index (χ0) is 20.5. The number of halogens is 4. The van der Waals surface area contributed by atoms with Crippen molar-refractivity contribution in [2.75, 3.05) is 5.32 Å². The van der Waals surface area contributed by atoms with Gasteiger partial charge < -0.3 is 14.5 Å². The summed E-state index contributed by atoms with van der Waals surface area (Å²) in [5.41, 5.74) is -2.67. The largest absolute Gasteiger partial charge is 0.481 e. The van der Waals surface area contributed by atoms with Gasteiger partial charge in [0.15, 0.2) is 6.10 Å². The lowest BCUT2D eigenvalue weighted by atomic mass is 10.1. The standard InChI is InChI=1S/C19H13F4NO4/c1-10(18(26)24-15-5-3-2-4-14(15)20)27-11-6-7-12-13(19(21,22)23)9-17(25)28-16(12)8-11/h2-10H,1H3,(H,24,26). The molecular formula is C19H13F4NO4. The molecule has 0 saturated heterocycles. The van der Waals surface area contributed by atoms with E-state index in [9.17, 15) is 27.2 Å². The van der Waals surface area contributed by atoms with Gasteiger partial charge in [0.25, 0.3) is 5.91 Å². The van der Waals surface area contributed by atoms with Crippen molar-refractivity contribution in [2.24, 2.45) is 0 Å². The van der Waals surface area contributed by atoms with Crippen molar-refractivity contribution in [1.29, 1.82) is 0 Å². The molecule has 3 aromatic rings. The van der Waals surface area contributed by atoms with Gasteiger partial charge in [0.1, 0.15) is 17.1 Å². The van der Waals surface area contributed by atoms with E-state index in [2.05, 4.69) is 5.32 Å². The van der Waals surface area contributed by atoms with Crippen LogP contribution < -0.4 is 15.7 Å². The predicted molar refractivity (Wildman–Crippen MR) is 92.6 cm³/mol. The van der Waals surface area contributed by atoms with Gasteiger partial charge in [0, 0.05) is 17.5 Å². The Bertz CT molecular complexity index is 1090. The number of hydrogen-bond acceptors (Lipinski definition) is 4. The summed E-state index contributed by atoms with van der Waals surface area (Å²) in [5.74, 6) is -1.29. The van der Waals surface area contributed by atoms with Crippen LogP contribution in [0.25, 0.3) is 11.0 Å². The molecule has 0 bridgehead atoms. The van der Waals surface area contributed by atoms with Crippen LogP contribution in [0.4, 0.5) is 23.2 Å². The van der Waals surface area contributed by atoms with Crippen LogP contribution in [0.2, 0.25) is 0 Å². The molecule has 1 amide bonds. The molecule has 5 nitrogen and oxygen atoms in total. The van der Waals surface area contributed by atoms with Gasteiger partial charge in [0.2, 0.25) is 0 Å². The number of nitrogens with one attached hydrogen (secondary N) is 1. The highest BCUT2D eigenvalue weighted by molar-refractivity contribution is 5.94. The lowest BCUT2D eigenvalue weighted by Gasteiger charge is -2.16. The molecule has 0 spiro atoms. The van der Waals surface area contributed by atoms with Crippen molar-refractivity contribution >= 4 is 22.6 Å². The van der Waals surface area contributed by atoms with Gasteiger partial charge in [-0.05, 0) is 31.2 Å². The SMILES string of the molecule is CC(Oc1ccc2c(C(F)(F)F)cc(=O)oc2c1)C(=O)Nc1ccccc1F. The normalized spacial score (nSPS) is 12.6. The molecule has 0 fully saturated rings. The molecule has 2 aromatic carbocycles. The first-order valence-corrected chi connectivity index (χ1v) is 8.02. The maximum absolute atomic E-state index is 13.6. The van der Waals surface area contributed by atoms with E-state index >= 15 is 0 Å². The second-order valence-electron chi connectivity index (χ2n) is 5.86. The van der Waals surface area contributed by atoms with Gasteiger partial charge in [-0.2, -0.15) is 13.2 Å². The number of alkyl halides is 3. The van der Waals surface area contributed by atoms with Crippen molar-refractivity contribution in [1.82, 2.24) is 0 Å². The van der Waals surface area contributed by atoms with E-state index in [1.165, 1.54) is 37.3 Å². The smallest absolute Gasteiger partial charge is 0.417 e. The lowest BCUT2D eigenvalue weighted by Crippen LogP contribution is -2.30. The fourth-order valence-corrected chi connectivity index (χ4v) is 2.51. The van der Waals surface area contributed by atoms with Gasteiger partial charge in [-0.3, -0.25) is 4.79 Å². The zero-order valence-corrected chi connectivity index (χ0v) is 14.3. The van der Waals surface area contributed by atoms with Crippen LogP contribution in [0.15, 0.2) is 57.7 Å². The molecule has 9 heteroatoms. The van der Waals surface area contributed by atoms with Crippen LogP contribution >= 0.6 is 0 Å². The van der Waals surface area contributed by atoms with Crippen LogP contribution in [-0.2, 0) is 11.0 Å². The van der Waals surface area contributed by atoms with E-state index in [-0.39, 0.29) is 22.4 Å². The highest BCUT2D eigenvalue weighted by Gasteiger charge is 2.34. The number of anilines is 1. The van der Waals surface area contributed by atoms with E-state index in [0.29, 0.717) is 6.07 Å². The summed E-state index contributed by atoms with van der Waals surface area (Å²) in [6.07, 6.45) is -5.83. The summed E-state index contributed by atoms with van der Waals surface area (Å²) in [5, 5.41) is 2.03. The number of rotatable bonds is 4. The van der Waals surface area contributed by atoms with Gasteiger partial charge in [-0.15, -0.1) is 0 Å². The Morgan fingerprint density at radius 1 is 1.14 bits per heavy atom. The first kappa shape index (κ1) is 19.4. The number of carbonyl (C=O) groups is 1. The van der Waals surface area contributed by atoms with E-state index in [0.717, 1.165) is 12.1 Å². The van der Waals surface area contributed by atoms with E-state index in [4.69, 9.17) is 9.15 Å². The summed E-state index contributed by atoms with van der Waals surface area (Å²) in [4.78, 5) is 23.6. The molecule has 1 heterocycles. The summed E-state index contributed by atoms with van der Waals surface area (Å²) in [6.45, 7) is 1.38. The summed E-state index contributed by atoms with van der Waals surface area (Å²) < 4.78 is 63.0. The molecule has 1 atom stereocenters. The maximum Gasteiger partial charge on any atom is 0.417 e. The summed E-state index contributed by atoms with van der Waals surface area (Å²) >= 11 is 0. The molecule has 1 N–H and O–H groups in total. The molecular weight excluding hydrogens is 382 g/mol. The third-order valence-electron chi connectivity index (χ3n) is 3.84. The second kappa shape index (κ2) is 7.34. The Morgan fingerprint density at radius 2 is 1.86 bits per heavy atom. The average molecular weight is 395 g/mol. The molecule has 1 unspecified atom stereocenters. The van der Waals surface area contributed by atoms with Crippen LogP contribution in [0.1, 0.15) is 12.5 Å². The Balaban J connectivity index is 1.83. The van der Waals surface area contributed by atoms with Crippen molar-refractivity contribution in [3.63, 3.8) is 0 Å². The second-order valence-corrected chi connectivity index (χ2v) is 5.86. The molecule has 0 aliphatic carbocycles. The van der Waals surface area contributed by atoms with Crippen LogP contribution in [0.3, 0.4) is 0 Å². The van der Waals surface area contributed by atoms with Crippen molar-refractivity contribution in [2.45, 2.75) is 19.2 Å². The van der Waals surface area contributed by atoms with Crippen molar-refractivity contribution in [3.05, 3.63) is 70.3 Å². The van der Waals surface area contributed by atoms with Crippen LogP contribution in [0, 0.1) is 5.82 Å². The molecule has 1 aromatic heterocycles.